The smallest absolute Gasteiger partial charge is 0.407 e. The van der Waals surface area contributed by atoms with E-state index in [0.29, 0.717) is 11.3 Å². The number of carbonyl (C=O) groups is 2. The number of carbonyl (C=O) groups excluding carboxylic acids is 2. The molecule has 7 heteroatoms. The fourth-order valence-corrected chi connectivity index (χ4v) is 2.17. The summed E-state index contributed by atoms with van der Waals surface area (Å²) in [5.41, 5.74) is 1.41. The standard InChI is InChI=1S/C18H21N3O4/c1-18(2,3)25-17(23)21-11-12-7-5-6-8-13(12)14-15(16(22)24-4)20-10-9-19-14/h5-10H,11H2,1-4H3,(H,21,23). The first kappa shape index (κ1) is 18.4. The van der Waals surface area contributed by atoms with E-state index in [1.807, 2.05) is 24.3 Å². The van der Waals surface area contributed by atoms with Crippen molar-refractivity contribution in [1.29, 1.82) is 0 Å². The van der Waals surface area contributed by atoms with Gasteiger partial charge >= 0.3 is 12.1 Å². The van der Waals surface area contributed by atoms with E-state index in [-0.39, 0.29) is 12.2 Å². The number of methoxy groups -OCH3 is 1. The Morgan fingerprint density at radius 1 is 1.12 bits per heavy atom. The average Bonchev–Trinajstić information content (AvgIpc) is 2.58. The van der Waals surface area contributed by atoms with E-state index in [2.05, 4.69) is 15.3 Å². The maximum Gasteiger partial charge on any atom is 0.407 e. The molecular weight excluding hydrogens is 322 g/mol. The summed E-state index contributed by atoms with van der Waals surface area (Å²) in [6, 6.07) is 7.30. The number of alkyl carbamates (subject to hydrolysis) is 1. The first-order valence-electron chi connectivity index (χ1n) is 7.76. The summed E-state index contributed by atoms with van der Waals surface area (Å²) in [7, 11) is 1.29. The highest BCUT2D eigenvalue weighted by Crippen LogP contribution is 2.24. The molecule has 1 N–H and O–H groups in total. The quantitative estimate of drug-likeness (QED) is 0.858. The lowest BCUT2D eigenvalue weighted by Crippen LogP contribution is -2.32. The van der Waals surface area contributed by atoms with Crippen LogP contribution in [0, 0.1) is 0 Å². The Morgan fingerprint density at radius 2 is 1.80 bits per heavy atom. The molecule has 2 rings (SSSR count). The number of amides is 1. The van der Waals surface area contributed by atoms with Gasteiger partial charge in [0, 0.05) is 24.5 Å². The number of esters is 1. The molecule has 0 aliphatic carbocycles. The van der Waals surface area contributed by atoms with E-state index >= 15 is 0 Å². The van der Waals surface area contributed by atoms with Crippen LogP contribution < -0.4 is 5.32 Å². The topological polar surface area (TPSA) is 90.4 Å². The van der Waals surface area contributed by atoms with E-state index in [9.17, 15) is 9.59 Å². The van der Waals surface area contributed by atoms with Crippen LogP contribution in [0.1, 0.15) is 36.8 Å². The predicted molar refractivity (Wildman–Crippen MR) is 91.9 cm³/mol. The number of rotatable bonds is 4. The van der Waals surface area contributed by atoms with Gasteiger partial charge < -0.3 is 14.8 Å². The van der Waals surface area contributed by atoms with Gasteiger partial charge in [-0.3, -0.25) is 4.98 Å². The van der Waals surface area contributed by atoms with Crippen molar-refractivity contribution in [2.24, 2.45) is 0 Å². The van der Waals surface area contributed by atoms with Crippen LogP contribution in [-0.4, -0.2) is 34.7 Å². The van der Waals surface area contributed by atoms with E-state index in [4.69, 9.17) is 9.47 Å². The fraction of sp³-hybridized carbons (Fsp3) is 0.333. The highest BCUT2D eigenvalue weighted by Gasteiger charge is 2.19. The average molecular weight is 343 g/mol. The van der Waals surface area contributed by atoms with Gasteiger partial charge in [0.2, 0.25) is 0 Å². The number of aromatic nitrogens is 2. The van der Waals surface area contributed by atoms with Crippen molar-refractivity contribution in [3.05, 3.63) is 47.9 Å². The number of benzene rings is 1. The number of hydrogen-bond acceptors (Lipinski definition) is 6. The summed E-state index contributed by atoms with van der Waals surface area (Å²) in [5, 5.41) is 2.70. The summed E-state index contributed by atoms with van der Waals surface area (Å²) in [5.74, 6) is -0.571. The largest absolute Gasteiger partial charge is 0.464 e. The highest BCUT2D eigenvalue weighted by molar-refractivity contribution is 5.94. The summed E-state index contributed by atoms with van der Waals surface area (Å²) >= 11 is 0. The zero-order valence-corrected chi connectivity index (χ0v) is 14.7. The molecule has 0 aliphatic heterocycles. The molecule has 0 unspecified atom stereocenters. The molecule has 0 bridgehead atoms. The van der Waals surface area contributed by atoms with Gasteiger partial charge in [-0.1, -0.05) is 24.3 Å². The molecule has 0 radical (unpaired) electrons. The monoisotopic (exact) mass is 343 g/mol. The molecule has 1 amide bonds. The molecule has 0 aliphatic rings. The third kappa shape index (κ3) is 5.00. The minimum atomic E-state index is -0.577. The minimum absolute atomic E-state index is 0.120. The van der Waals surface area contributed by atoms with Gasteiger partial charge in [-0.2, -0.15) is 0 Å². The van der Waals surface area contributed by atoms with E-state index in [0.717, 1.165) is 5.56 Å². The zero-order valence-electron chi connectivity index (χ0n) is 14.7. The minimum Gasteiger partial charge on any atom is -0.464 e. The van der Waals surface area contributed by atoms with Crippen LogP contribution >= 0.6 is 0 Å². The fourth-order valence-electron chi connectivity index (χ4n) is 2.17. The number of hydrogen-bond donors (Lipinski definition) is 1. The van der Waals surface area contributed by atoms with Crippen LogP contribution in [0.2, 0.25) is 0 Å². The predicted octanol–water partition coefficient (Wildman–Crippen LogP) is 2.95. The second-order valence-corrected chi connectivity index (χ2v) is 6.26. The first-order valence-corrected chi connectivity index (χ1v) is 7.76. The highest BCUT2D eigenvalue weighted by atomic mass is 16.6. The Balaban J connectivity index is 2.28. The van der Waals surface area contributed by atoms with Gasteiger partial charge in [0.05, 0.1) is 7.11 Å². The summed E-state index contributed by atoms with van der Waals surface area (Å²) < 4.78 is 9.99. The Kier molecular flexibility index (Phi) is 5.69. The van der Waals surface area contributed by atoms with E-state index in [1.165, 1.54) is 19.5 Å². The van der Waals surface area contributed by atoms with Crippen molar-refractivity contribution in [3.63, 3.8) is 0 Å². The second kappa shape index (κ2) is 7.74. The Bertz CT molecular complexity index is 769. The molecule has 0 atom stereocenters. The zero-order chi connectivity index (χ0) is 18.4. The normalized spacial score (nSPS) is 10.9. The van der Waals surface area contributed by atoms with E-state index in [1.54, 1.807) is 20.8 Å². The molecule has 0 saturated carbocycles. The van der Waals surface area contributed by atoms with E-state index < -0.39 is 17.7 Å². The van der Waals surface area contributed by atoms with Crippen LogP contribution in [0.4, 0.5) is 4.79 Å². The molecular formula is C18H21N3O4. The lowest BCUT2D eigenvalue weighted by Gasteiger charge is -2.20. The SMILES string of the molecule is COC(=O)c1nccnc1-c1ccccc1CNC(=O)OC(C)(C)C. The lowest BCUT2D eigenvalue weighted by atomic mass is 10.0. The summed E-state index contributed by atoms with van der Waals surface area (Å²) in [6.07, 6.45) is 2.41. The molecule has 0 saturated heterocycles. The van der Waals surface area contributed by atoms with Crippen molar-refractivity contribution in [2.45, 2.75) is 32.9 Å². The number of nitrogens with one attached hydrogen (secondary N) is 1. The van der Waals surface area contributed by atoms with Crippen LogP contribution in [0.5, 0.6) is 0 Å². The van der Waals surface area contributed by atoms with Gasteiger partial charge in [0.1, 0.15) is 11.3 Å². The summed E-state index contributed by atoms with van der Waals surface area (Å²) in [6.45, 7) is 5.61. The van der Waals surface area contributed by atoms with Crippen LogP contribution in [0.15, 0.2) is 36.7 Å². The van der Waals surface area contributed by atoms with Gasteiger partial charge in [0.25, 0.3) is 0 Å². The second-order valence-electron chi connectivity index (χ2n) is 6.26. The van der Waals surface area contributed by atoms with Gasteiger partial charge in [-0.25, -0.2) is 14.6 Å². The first-order chi connectivity index (χ1) is 11.8. The van der Waals surface area contributed by atoms with Crippen LogP contribution in [0.25, 0.3) is 11.3 Å². The van der Waals surface area contributed by atoms with Crippen molar-refractivity contribution >= 4 is 12.1 Å². The third-order valence-electron chi connectivity index (χ3n) is 3.17. The van der Waals surface area contributed by atoms with Crippen molar-refractivity contribution in [3.8, 4) is 11.3 Å². The molecule has 0 fully saturated rings. The van der Waals surface area contributed by atoms with Crippen molar-refractivity contribution < 1.29 is 19.1 Å². The molecule has 1 aromatic heterocycles. The molecule has 132 valence electrons. The molecule has 0 spiro atoms. The van der Waals surface area contributed by atoms with Gasteiger partial charge in [-0.05, 0) is 26.3 Å². The maximum atomic E-state index is 11.9. The molecule has 25 heavy (non-hydrogen) atoms. The summed E-state index contributed by atoms with van der Waals surface area (Å²) in [4.78, 5) is 32.1. The third-order valence-corrected chi connectivity index (χ3v) is 3.17. The number of ether oxygens (including phenoxy) is 2. The Morgan fingerprint density at radius 3 is 2.48 bits per heavy atom. The van der Waals surface area contributed by atoms with Gasteiger partial charge in [-0.15, -0.1) is 0 Å². The molecule has 7 nitrogen and oxygen atoms in total. The Labute approximate surface area is 146 Å². The molecule has 1 heterocycles. The Hall–Kier alpha value is -2.96. The van der Waals surface area contributed by atoms with Crippen molar-refractivity contribution in [1.82, 2.24) is 15.3 Å². The lowest BCUT2D eigenvalue weighted by molar-refractivity contribution is 0.0522. The molecule has 1 aromatic carbocycles. The van der Waals surface area contributed by atoms with Crippen LogP contribution in [0.3, 0.4) is 0 Å². The number of nitrogens with zero attached hydrogens (tertiary/aromatic N) is 2. The maximum absolute atomic E-state index is 11.9. The van der Waals surface area contributed by atoms with Crippen LogP contribution in [-0.2, 0) is 16.0 Å². The van der Waals surface area contributed by atoms with Gasteiger partial charge in [0.15, 0.2) is 5.69 Å². The van der Waals surface area contributed by atoms with Crippen molar-refractivity contribution in [2.75, 3.05) is 7.11 Å². The molecule has 2 aromatic rings.